The molecule has 0 rings (SSSR count). The highest BCUT2D eigenvalue weighted by Gasteiger charge is 2.22. The minimum absolute atomic E-state index is 0.571. The van der Waals surface area contributed by atoms with Gasteiger partial charge in [0.05, 0.1) is 5.60 Å². The maximum absolute atomic E-state index is 10.4. The second-order valence-electron chi connectivity index (χ2n) is 6.80. The van der Waals surface area contributed by atoms with Crippen LogP contribution in [0.5, 0.6) is 0 Å². The summed E-state index contributed by atoms with van der Waals surface area (Å²) in [5, 5.41) is 14.0. The Hall–Kier alpha value is -0.120. The van der Waals surface area contributed by atoms with E-state index in [9.17, 15) is 5.11 Å². The number of nitrogens with one attached hydrogen (secondary N) is 1. The van der Waals surface area contributed by atoms with Gasteiger partial charge in [-0.3, -0.25) is 0 Å². The van der Waals surface area contributed by atoms with Gasteiger partial charge in [0.2, 0.25) is 0 Å². The topological polar surface area (TPSA) is 35.5 Å². The van der Waals surface area contributed by atoms with E-state index in [1.54, 1.807) is 0 Å². The van der Waals surface area contributed by atoms with Crippen molar-refractivity contribution < 1.29 is 5.11 Å². The summed E-state index contributed by atoms with van der Waals surface area (Å²) in [5.74, 6) is 0. The van der Waals surface area contributed by atoms with E-state index in [0.717, 1.165) is 0 Å². The molecular weight excluding hydrogens is 248 g/mol. The van der Waals surface area contributed by atoms with Gasteiger partial charge in [0.25, 0.3) is 0 Å². The van der Waals surface area contributed by atoms with Crippen molar-refractivity contribution in [2.24, 2.45) is 0 Å². The molecule has 0 bridgehead atoms. The highest BCUT2D eigenvalue weighted by Crippen LogP contribution is 2.12. The van der Waals surface area contributed by atoms with E-state index in [0.29, 0.717) is 19.1 Å². The lowest BCUT2D eigenvalue weighted by atomic mass is 10.00. The van der Waals surface area contributed by atoms with Crippen LogP contribution >= 0.6 is 0 Å². The van der Waals surface area contributed by atoms with Gasteiger partial charge in [-0.1, -0.05) is 52.4 Å². The van der Waals surface area contributed by atoms with Crippen molar-refractivity contribution in [2.45, 2.75) is 83.8 Å². The number of hydrogen-bond acceptors (Lipinski definition) is 3. The number of aliphatic hydroxyl groups is 1. The first kappa shape index (κ1) is 19.9. The Bertz CT molecular complexity index is 207. The molecule has 3 nitrogen and oxygen atoms in total. The van der Waals surface area contributed by atoms with Crippen molar-refractivity contribution in [1.82, 2.24) is 10.2 Å². The predicted molar refractivity (Wildman–Crippen MR) is 89.3 cm³/mol. The van der Waals surface area contributed by atoms with Crippen LogP contribution in [-0.2, 0) is 0 Å². The minimum Gasteiger partial charge on any atom is -0.388 e. The quantitative estimate of drug-likeness (QED) is 0.509. The molecule has 0 aromatic carbocycles. The second kappa shape index (κ2) is 11.5. The Balaban J connectivity index is 4.10. The zero-order valence-electron chi connectivity index (χ0n) is 14.5. The van der Waals surface area contributed by atoms with Crippen LogP contribution in [0.3, 0.4) is 0 Å². The standard InChI is InChI=1S/C17H38N2O/c1-6-8-10-12-16(13-11-9-7-2)18-14-17(3,20)15-19(4)5/h16,18,20H,6-15H2,1-5H3. The van der Waals surface area contributed by atoms with E-state index in [-0.39, 0.29) is 0 Å². The Kier molecular flexibility index (Phi) is 11.5. The molecule has 0 amide bonds. The Labute approximate surface area is 127 Å². The molecule has 0 aliphatic rings. The van der Waals surface area contributed by atoms with Crippen LogP contribution in [0.15, 0.2) is 0 Å². The van der Waals surface area contributed by atoms with Crippen molar-refractivity contribution in [3.63, 3.8) is 0 Å². The molecule has 20 heavy (non-hydrogen) atoms. The third-order valence-electron chi connectivity index (χ3n) is 3.74. The Morgan fingerprint density at radius 1 is 1.00 bits per heavy atom. The first-order chi connectivity index (χ1) is 9.41. The number of unbranched alkanes of at least 4 members (excludes halogenated alkanes) is 4. The molecule has 0 aliphatic heterocycles. The average Bonchev–Trinajstić information content (AvgIpc) is 2.34. The van der Waals surface area contributed by atoms with Gasteiger partial charge >= 0.3 is 0 Å². The molecular formula is C17H38N2O. The molecule has 3 heteroatoms. The molecule has 0 fully saturated rings. The summed E-state index contributed by atoms with van der Waals surface area (Å²) >= 11 is 0. The zero-order chi connectivity index (χ0) is 15.4. The highest BCUT2D eigenvalue weighted by atomic mass is 16.3. The third kappa shape index (κ3) is 11.7. The monoisotopic (exact) mass is 286 g/mol. The third-order valence-corrected chi connectivity index (χ3v) is 3.74. The van der Waals surface area contributed by atoms with Crippen molar-refractivity contribution in [1.29, 1.82) is 0 Å². The van der Waals surface area contributed by atoms with Crippen LogP contribution < -0.4 is 5.32 Å². The van der Waals surface area contributed by atoms with E-state index in [1.807, 2.05) is 25.9 Å². The molecule has 1 atom stereocenters. The lowest BCUT2D eigenvalue weighted by Crippen LogP contribution is -2.48. The summed E-state index contributed by atoms with van der Waals surface area (Å²) < 4.78 is 0. The molecule has 0 saturated carbocycles. The number of likely N-dealkylation sites (N-methyl/N-ethyl adjacent to an activating group) is 1. The number of nitrogens with zero attached hydrogens (tertiary/aromatic N) is 1. The summed E-state index contributed by atoms with van der Waals surface area (Å²) in [6.07, 6.45) is 10.3. The summed E-state index contributed by atoms with van der Waals surface area (Å²) in [7, 11) is 4.02. The summed E-state index contributed by atoms with van der Waals surface area (Å²) in [4.78, 5) is 2.05. The average molecular weight is 287 g/mol. The number of rotatable bonds is 13. The van der Waals surface area contributed by atoms with Gasteiger partial charge in [0, 0.05) is 19.1 Å². The molecule has 0 saturated heterocycles. The van der Waals surface area contributed by atoms with Gasteiger partial charge in [-0.25, -0.2) is 0 Å². The first-order valence-electron chi connectivity index (χ1n) is 8.51. The molecule has 2 N–H and O–H groups in total. The van der Waals surface area contributed by atoms with Crippen LogP contribution in [0.25, 0.3) is 0 Å². The van der Waals surface area contributed by atoms with Gasteiger partial charge in [-0.05, 0) is 33.9 Å². The van der Waals surface area contributed by atoms with Crippen molar-refractivity contribution in [2.75, 3.05) is 27.2 Å². The zero-order valence-corrected chi connectivity index (χ0v) is 14.5. The predicted octanol–water partition coefficient (Wildman–Crippen LogP) is 3.42. The Morgan fingerprint density at radius 3 is 1.90 bits per heavy atom. The fourth-order valence-electron chi connectivity index (χ4n) is 2.73. The van der Waals surface area contributed by atoms with Gasteiger partial charge in [0.15, 0.2) is 0 Å². The second-order valence-corrected chi connectivity index (χ2v) is 6.80. The van der Waals surface area contributed by atoms with E-state index in [2.05, 4.69) is 19.2 Å². The highest BCUT2D eigenvalue weighted by molar-refractivity contribution is 4.80. The van der Waals surface area contributed by atoms with Crippen LogP contribution in [0.1, 0.15) is 72.1 Å². The van der Waals surface area contributed by atoms with Crippen LogP contribution in [0, 0.1) is 0 Å². The van der Waals surface area contributed by atoms with Gasteiger partial charge in [-0.2, -0.15) is 0 Å². The van der Waals surface area contributed by atoms with Gasteiger partial charge in [-0.15, -0.1) is 0 Å². The van der Waals surface area contributed by atoms with E-state index >= 15 is 0 Å². The van der Waals surface area contributed by atoms with E-state index in [1.165, 1.54) is 51.4 Å². The normalized spacial score (nSPS) is 15.0. The van der Waals surface area contributed by atoms with E-state index in [4.69, 9.17) is 0 Å². The van der Waals surface area contributed by atoms with Crippen molar-refractivity contribution >= 4 is 0 Å². The lowest BCUT2D eigenvalue weighted by molar-refractivity contribution is 0.0306. The first-order valence-corrected chi connectivity index (χ1v) is 8.51. The Morgan fingerprint density at radius 2 is 1.50 bits per heavy atom. The summed E-state index contributed by atoms with van der Waals surface area (Å²) in [6.45, 7) is 7.82. The fraction of sp³-hybridized carbons (Fsp3) is 1.00. The molecule has 0 aromatic heterocycles. The minimum atomic E-state index is -0.642. The molecule has 0 aromatic rings. The maximum atomic E-state index is 10.4. The number of hydrogen-bond donors (Lipinski definition) is 2. The molecule has 122 valence electrons. The molecule has 0 radical (unpaired) electrons. The molecule has 0 heterocycles. The molecule has 0 aliphatic carbocycles. The fourth-order valence-corrected chi connectivity index (χ4v) is 2.73. The van der Waals surface area contributed by atoms with Gasteiger partial charge in [0.1, 0.15) is 0 Å². The smallest absolute Gasteiger partial charge is 0.0869 e. The summed E-state index contributed by atoms with van der Waals surface area (Å²) in [6, 6.07) is 0.571. The van der Waals surface area contributed by atoms with Crippen LogP contribution in [0.2, 0.25) is 0 Å². The van der Waals surface area contributed by atoms with Crippen molar-refractivity contribution in [3.8, 4) is 0 Å². The van der Waals surface area contributed by atoms with E-state index < -0.39 is 5.60 Å². The summed E-state index contributed by atoms with van der Waals surface area (Å²) in [5.41, 5.74) is -0.642. The van der Waals surface area contributed by atoms with Crippen molar-refractivity contribution in [3.05, 3.63) is 0 Å². The van der Waals surface area contributed by atoms with Gasteiger partial charge < -0.3 is 15.3 Å². The van der Waals surface area contributed by atoms with Crippen LogP contribution in [0.4, 0.5) is 0 Å². The largest absolute Gasteiger partial charge is 0.388 e. The molecule has 1 unspecified atom stereocenters. The molecule has 0 spiro atoms. The lowest BCUT2D eigenvalue weighted by Gasteiger charge is -2.30. The SMILES string of the molecule is CCCCCC(CCCCC)NCC(C)(O)CN(C)C. The maximum Gasteiger partial charge on any atom is 0.0869 e. The van der Waals surface area contributed by atoms with Crippen LogP contribution in [-0.4, -0.2) is 48.8 Å².